The van der Waals surface area contributed by atoms with E-state index in [1.807, 2.05) is 26.8 Å². The van der Waals surface area contributed by atoms with Gasteiger partial charge in [0.25, 0.3) is 0 Å². The Labute approximate surface area is 142 Å². The lowest BCUT2D eigenvalue weighted by Gasteiger charge is -2.42. The minimum Gasteiger partial charge on any atom is -0.485 e. The van der Waals surface area contributed by atoms with E-state index < -0.39 is 17.7 Å². The first-order valence-corrected chi connectivity index (χ1v) is 8.01. The van der Waals surface area contributed by atoms with Crippen molar-refractivity contribution < 1.29 is 9.84 Å². The minimum atomic E-state index is -0.830. The first-order chi connectivity index (χ1) is 11.4. The third-order valence-corrected chi connectivity index (χ3v) is 4.02. The van der Waals surface area contributed by atoms with Crippen LogP contribution in [0.1, 0.15) is 50.8 Å². The summed E-state index contributed by atoms with van der Waals surface area (Å²) < 4.78 is 5.89. The van der Waals surface area contributed by atoms with Crippen molar-refractivity contribution in [3.8, 4) is 17.9 Å². The average Bonchev–Trinajstić information content (AvgIpc) is 2.56. The molecule has 0 saturated carbocycles. The van der Waals surface area contributed by atoms with Crippen LogP contribution in [0, 0.1) is 22.7 Å². The molecule has 0 amide bonds. The first-order valence-electron chi connectivity index (χ1n) is 8.01. The number of nitrogens with zero attached hydrogens (tertiary/aromatic N) is 3. The number of benzene rings is 1. The Balaban J connectivity index is 2.43. The topological polar surface area (TPSA) is 101 Å². The molecule has 1 aromatic carbocycles. The first kappa shape index (κ1) is 17.8. The van der Waals surface area contributed by atoms with Crippen LogP contribution in [0.25, 0.3) is 0 Å². The van der Waals surface area contributed by atoms with Gasteiger partial charge in [-0.25, -0.2) is 0 Å². The van der Waals surface area contributed by atoms with Crippen molar-refractivity contribution in [2.75, 3.05) is 6.54 Å². The molecule has 2 rings (SSSR count). The predicted molar refractivity (Wildman–Crippen MR) is 90.6 cm³/mol. The molecule has 0 radical (unpaired) electrons. The van der Waals surface area contributed by atoms with Gasteiger partial charge < -0.3 is 15.2 Å². The van der Waals surface area contributed by atoms with Gasteiger partial charge in [-0.3, -0.25) is 4.99 Å². The van der Waals surface area contributed by atoms with Gasteiger partial charge in [0, 0.05) is 12.0 Å². The van der Waals surface area contributed by atoms with Gasteiger partial charge in [0.1, 0.15) is 24.0 Å². The Morgan fingerprint density at radius 3 is 2.79 bits per heavy atom. The van der Waals surface area contributed by atoms with E-state index in [-0.39, 0.29) is 6.54 Å². The maximum Gasteiger partial charge on any atom is 0.132 e. The second-order valence-electron chi connectivity index (χ2n) is 6.31. The van der Waals surface area contributed by atoms with Crippen LogP contribution in [0.5, 0.6) is 5.75 Å². The second kappa shape index (κ2) is 7.33. The number of nitrogens with one attached hydrogen (secondary N) is 1. The molecular formula is C18H22N4O2. The maximum atomic E-state index is 10.8. The molecule has 0 spiro atoms. The molecule has 0 bridgehead atoms. The van der Waals surface area contributed by atoms with Crippen LogP contribution >= 0.6 is 0 Å². The average molecular weight is 326 g/mol. The van der Waals surface area contributed by atoms with Crippen molar-refractivity contribution in [3.05, 3.63) is 29.3 Å². The van der Waals surface area contributed by atoms with Crippen molar-refractivity contribution in [3.63, 3.8) is 0 Å². The van der Waals surface area contributed by atoms with Crippen LogP contribution in [0.2, 0.25) is 0 Å². The van der Waals surface area contributed by atoms with Gasteiger partial charge in [-0.2, -0.15) is 10.5 Å². The second-order valence-corrected chi connectivity index (χ2v) is 6.31. The van der Waals surface area contributed by atoms with Crippen molar-refractivity contribution in [1.82, 2.24) is 5.32 Å². The van der Waals surface area contributed by atoms with Crippen molar-refractivity contribution >= 4 is 5.84 Å². The number of aliphatic hydroxyl groups excluding tert-OH is 1. The summed E-state index contributed by atoms with van der Waals surface area (Å²) in [7, 11) is 0. The van der Waals surface area contributed by atoms with Crippen molar-refractivity contribution in [2.24, 2.45) is 4.99 Å². The fraction of sp³-hybridized carbons (Fsp3) is 0.500. The van der Waals surface area contributed by atoms with Gasteiger partial charge in [0.15, 0.2) is 0 Å². The summed E-state index contributed by atoms with van der Waals surface area (Å²) in [5.74, 6) is 1.31. The largest absolute Gasteiger partial charge is 0.485 e. The number of rotatable bonds is 4. The van der Waals surface area contributed by atoms with E-state index in [1.54, 1.807) is 18.2 Å². The lowest BCUT2D eigenvalue weighted by Crippen LogP contribution is -2.53. The third kappa shape index (κ3) is 3.67. The molecule has 6 nitrogen and oxygen atoms in total. The van der Waals surface area contributed by atoms with Crippen LogP contribution in [0.15, 0.2) is 23.2 Å². The normalized spacial score (nSPS) is 21.8. The highest BCUT2D eigenvalue weighted by atomic mass is 16.5. The van der Waals surface area contributed by atoms with Gasteiger partial charge in [-0.05, 0) is 38.5 Å². The fourth-order valence-corrected chi connectivity index (χ4v) is 2.77. The van der Waals surface area contributed by atoms with Gasteiger partial charge >= 0.3 is 0 Å². The summed E-state index contributed by atoms with van der Waals surface area (Å²) in [4.78, 5) is 4.25. The zero-order valence-electron chi connectivity index (χ0n) is 14.2. The molecule has 126 valence electrons. The Bertz CT molecular complexity index is 713. The molecule has 1 aromatic rings. The Morgan fingerprint density at radius 2 is 2.17 bits per heavy atom. The van der Waals surface area contributed by atoms with Crippen LogP contribution in [0.3, 0.4) is 0 Å². The van der Waals surface area contributed by atoms with E-state index >= 15 is 0 Å². The maximum absolute atomic E-state index is 10.8. The smallest absolute Gasteiger partial charge is 0.132 e. The number of hydrogen-bond donors (Lipinski definition) is 2. The fourth-order valence-electron chi connectivity index (χ4n) is 2.77. The SMILES string of the molecule is CCCC(=NCC#N)N[C@H]1c2cc(C#N)ccc2OC(C)(C)[C@@H]1O. The molecule has 1 heterocycles. The molecule has 0 saturated heterocycles. The van der Waals surface area contributed by atoms with Crippen molar-refractivity contribution in [2.45, 2.75) is 51.4 Å². The van der Waals surface area contributed by atoms with E-state index in [2.05, 4.69) is 16.4 Å². The van der Waals surface area contributed by atoms with E-state index in [4.69, 9.17) is 15.3 Å². The molecule has 24 heavy (non-hydrogen) atoms. The molecule has 0 unspecified atom stereocenters. The highest BCUT2D eigenvalue weighted by Gasteiger charge is 2.43. The van der Waals surface area contributed by atoms with E-state index in [1.165, 1.54) is 0 Å². The monoisotopic (exact) mass is 326 g/mol. The molecule has 2 N–H and O–H groups in total. The number of ether oxygens (including phenoxy) is 1. The molecule has 6 heteroatoms. The van der Waals surface area contributed by atoms with E-state index in [9.17, 15) is 5.11 Å². The Kier molecular flexibility index (Phi) is 5.43. The molecule has 0 fully saturated rings. The zero-order valence-corrected chi connectivity index (χ0v) is 14.2. The number of aliphatic hydroxyl groups is 1. The van der Waals surface area contributed by atoms with E-state index in [0.29, 0.717) is 23.6 Å². The minimum absolute atomic E-state index is 0.0656. The van der Waals surface area contributed by atoms with Crippen LogP contribution in [0.4, 0.5) is 0 Å². The summed E-state index contributed by atoms with van der Waals surface area (Å²) in [5, 5.41) is 31.9. The van der Waals surface area contributed by atoms with Crippen LogP contribution in [-0.2, 0) is 0 Å². The molecule has 1 aliphatic rings. The van der Waals surface area contributed by atoms with Gasteiger partial charge in [0.2, 0.25) is 0 Å². The summed E-state index contributed by atoms with van der Waals surface area (Å²) in [5.41, 5.74) is 0.439. The highest BCUT2D eigenvalue weighted by molar-refractivity contribution is 5.83. The van der Waals surface area contributed by atoms with Crippen LogP contribution in [-0.4, -0.2) is 29.2 Å². The van der Waals surface area contributed by atoms with Gasteiger partial charge in [-0.1, -0.05) is 6.92 Å². The quantitative estimate of drug-likeness (QED) is 0.503. The van der Waals surface area contributed by atoms with Gasteiger partial charge in [-0.15, -0.1) is 0 Å². The zero-order chi connectivity index (χ0) is 17.7. The Morgan fingerprint density at radius 1 is 1.42 bits per heavy atom. The van der Waals surface area contributed by atoms with Crippen LogP contribution < -0.4 is 10.1 Å². The lowest BCUT2D eigenvalue weighted by atomic mass is 9.86. The Hall–Kier alpha value is -2.57. The molecule has 0 aliphatic carbocycles. The van der Waals surface area contributed by atoms with E-state index in [0.717, 1.165) is 12.0 Å². The number of aliphatic imine (C=N–C) groups is 1. The summed E-state index contributed by atoms with van der Waals surface area (Å²) in [6.45, 7) is 5.73. The highest BCUT2D eigenvalue weighted by Crippen LogP contribution is 2.40. The van der Waals surface area contributed by atoms with Gasteiger partial charge in [0.05, 0.1) is 29.6 Å². The predicted octanol–water partition coefficient (Wildman–Crippen LogP) is 2.44. The molecule has 0 aromatic heterocycles. The summed E-state index contributed by atoms with van der Waals surface area (Å²) in [6, 6.07) is 8.82. The number of hydrogen-bond acceptors (Lipinski definition) is 5. The van der Waals surface area contributed by atoms with Crippen molar-refractivity contribution in [1.29, 1.82) is 10.5 Å². The standard InChI is InChI=1S/C18H22N4O2/c1-4-5-15(21-9-8-19)22-16-13-10-12(11-20)6-7-14(13)24-18(2,3)17(16)23/h6-7,10,16-17,23H,4-5,9H2,1-3H3,(H,21,22)/t16-,17+/m0/s1. The third-order valence-electron chi connectivity index (χ3n) is 4.02. The number of fused-ring (bicyclic) bond motifs is 1. The lowest BCUT2D eigenvalue weighted by molar-refractivity contribution is -0.0611. The molecular weight excluding hydrogens is 304 g/mol. The summed E-state index contributed by atoms with van der Waals surface area (Å²) >= 11 is 0. The molecule has 1 aliphatic heterocycles. The summed E-state index contributed by atoms with van der Waals surface area (Å²) in [6.07, 6.45) is 0.716. The molecule has 2 atom stereocenters. The number of amidine groups is 1. The number of nitriles is 2.